The summed E-state index contributed by atoms with van der Waals surface area (Å²) >= 11 is 0. The van der Waals surface area contributed by atoms with Crippen molar-refractivity contribution >= 4 is 28.4 Å². The molecule has 1 unspecified atom stereocenters. The molecule has 3 aromatic rings. The molecule has 0 aromatic heterocycles. The van der Waals surface area contributed by atoms with Gasteiger partial charge in [-0.25, -0.2) is 0 Å². The largest absolute Gasteiger partial charge is 0.366 e. The summed E-state index contributed by atoms with van der Waals surface area (Å²) in [5.74, 6) is 0.554. The van der Waals surface area contributed by atoms with Crippen molar-refractivity contribution in [1.29, 1.82) is 0 Å². The Morgan fingerprint density at radius 3 is 2.64 bits per heavy atom. The zero-order chi connectivity index (χ0) is 19.9. The molecule has 3 aromatic carbocycles. The Bertz CT molecular complexity index is 1040. The van der Waals surface area contributed by atoms with Crippen LogP contribution in [-0.2, 0) is 0 Å². The van der Waals surface area contributed by atoms with Crippen LogP contribution in [0, 0.1) is 6.92 Å². The molecule has 0 amide bonds. The van der Waals surface area contributed by atoms with Crippen LogP contribution in [0.2, 0.25) is 0 Å². The molecule has 0 saturated carbocycles. The summed E-state index contributed by atoms with van der Waals surface area (Å²) in [6.45, 7) is 12.6. The first kappa shape index (κ1) is 18.7. The maximum atomic E-state index is 4.87. The SMILES string of the molecule is CCN1c2cc(C)c(C=Nc3cccc4ccccc34)cc2C(C)CC1(C)C. The summed E-state index contributed by atoms with van der Waals surface area (Å²) in [4.78, 5) is 7.43. The van der Waals surface area contributed by atoms with Gasteiger partial charge in [-0.2, -0.15) is 0 Å². The van der Waals surface area contributed by atoms with Gasteiger partial charge in [0, 0.05) is 29.4 Å². The molecule has 0 fully saturated rings. The number of anilines is 1. The first-order valence-corrected chi connectivity index (χ1v) is 10.3. The number of hydrogen-bond acceptors (Lipinski definition) is 2. The quantitative estimate of drug-likeness (QED) is 0.453. The van der Waals surface area contributed by atoms with Gasteiger partial charge in [0.25, 0.3) is 0 Å². The fourth-order valence-corrected chi connectivity index (χ4v) is 4.85. The number of rotatable bonds is 3. The summed E-state index contributed by atoms with van der Waals surface area (Å²) in [5.41, 5.74) is 6.57. The Hall–Kier alpha value is -2.61. The Morgan fingerprint density at radius 2 is 1.86 bits per heavy atom. The van der Waals surface area contributed by atoms with E-state index in [1.807, 2.05) is 6.21 Å². The normalized spacial score (nSPS) is 18.6. The summed E-state index contributed by atoms with van der Waals surface area (Å²) < 4.78 is 0. The van der Waals surface area contributed by atoms with E-state index < -0.39 is 0 Å². The van der Waals surface area contributed by atoms with E-state index in [9.17, 15) is 0 Å². The highest BCUT2D eigenvalue weighted by molar-refractivity contribution is 5.95. The fraction of sp³-hybridized carbons (Fsp3) is 0.346. The average Bonchev–Trinajstić information content (AvgIpc) is 2.66. The smallest absolute Gasteiger partial charge is 0.0708 e. The van der Waals surface area contributed by atoms with Gasteiger partial charge in [-0.15, -0.1) is 0 Å². The van der Waals surface area contributed by atoms with Gasteiger partial charge < -0.3 is 4.90 Å². The van der Waals surface area contributed by atoms with E-state index in [1.54, 1.807) is 0 Å². The Balaban J connectivity index is 1.76. The maximum Gasteiger partial charge on any atom is 0.0708 e. The molecular weight excluding hydrogens is 340 g/mol. The van der Waals surface area contributed by atoms with Crippen molar-refractivity contribution in [2.45, 2.75) is 52.5 Å². The van der Waals surface area contributed by atoms with Crippen LogP contribution in [0.4, 0.5) is 11.4 Å². The zero-order valence-corrected chi connectivity index (χ0v) is 17.7. The third-order valence-corrected chi connectivity index (χ3v) is 6.20. The van der Waals surface area contributed by atoms with E-state index >= 15 is 0 Å². The van der Waals surface area contributed by atoms with Gasteiger partial charge >= 0.3 is 0 Å². The summed E-state index contributed by atoms with van der Waals surface area (Å²) in [7, 11) is 0. The lowest BCUT2D eigenvalue weighted by Crippen LogP contribution is -2.48. The minimum atomic E-state index is 0.201. The molecule has 1 aliphatic rings. The Kier molecular flexibility index (Phi) is 4.74. The predicted molar refractivity (Wildman–Crippen MR) is 123 cm³/mol. The van der Waals surface area contributed by atoms with Crippen LogP contribution in [0.5, 0.6) is 0 Å². The van der Waals surface area contributed by atoms with Crippen LogP contribution in [0.15, 0.2) is 59.6 Å². The van der Waals surface area contributed by atoms with E-state index in [0.717, 1.165) is 12.2 Å². The van der Waals surface area contributed by atoms with E-state index in [0.29, 0.717) is 5.92 Å². The van der Waals surface area contributed by atoms with Gasteiger partial charge in [0.2, 0.25) is 0 Å². The molecule has 1 aliphatic heterocycles. The minimum absolute atomic E-state index is 0.201. The Labute approximate surface area is 168 Å². The first-order chi connectivity index (χ1) is 13.4. The van der Waals surface area contributed by atoms with E-state index in [1.165, 1.54) is 39.6 Å². The lowest BCUT2D eigenvalue weighted by molar-refractivity contribution is 0.381. The number of aliphatic imine (C=N–C) groups is 1. The third-order valence-electron chi connectivity index (χ3n) is 6.20. The van der Waals surface area contributed by atoms with Crippen molar-refractivity contribution in [3.05, 3.63) is 71.3 Å². The highest BCUT2D eigenvalue weighted by atomic mass is 15.2. The van der Waals surface area contributed by atoms with Gasteiger partial charge in [0.05, 0.1) is 5.69 Å². The minimum Gasteiger partial charge on any atom is -0.366 e. The maximum absolute atomic E-state index is 4.87. The molecule has 144 valence electrons. The zero-order valence-electron chi connectivity index (χ0n) is 17.7. The molecule has 0 N–H and O–H groups in total. The van der Waals surface area contributed by atoms with Crippen LogP contribution < -0.4 is 4.90 Å². The van der Waals surface area contributed by atoms with Crippen LogP contribution in [0.3, 0.4) is 0 Å². The van der Waals surface area contributed by atoms with E-state index in [-0.39, 0.29) is 5.54 Å². The van der Waals surface area contributed by atoms with Gasteiger partial charge in [0.15, 0.2) is 0 Å². The molecular formula is C26H30N2. The number of fused-ring (bicyclic) bond motifs is 2. The van der Waals surface area contributed by atoms with Crippen molar-refractivity contribution in [2.75, 3.05) is 11.4 Å². The standard InChI is InChI=1S/C26H30N2/c1-6-28-25-14-18(2)21(15-23(25)19(3)16-26(28,4)5)17-27-24-13-9-11-20-10-7-8-12-22(20)24/h7-15,17,19H,6,16H2,1-5H3. The van der Waals surface area contributed by atoms with Gasteiger partial charge in [-0.05, 0) is 80.3 Å². The molecule has 28 heavy (non-hydrogen) atoms. The van der Waals surface area contributed by atoms with Crippen LogP contribution in [0.1, 0.15) is 56.7 Å². The second-order valence-corrected chi connectivity index (χ2v) is 8.69. The number of aryl methyl sites for hydroxylation is 1. The van der Waals surface area contributed by atoms with Gasteiger partial charge in [-0.3, -0.25) is 4.99 Å². The molecule has 0 saturated heterocycles. The second-order valence-electron chi connectivity index (χ2n) is 8.69. The molecule has 2 nitrogen and oxygen atoms in total. The molecule has 1 heterocycles. The van der Waals surface area contributed by atoms with Gasteiger partial charge in [-0.1, -0.05) is 43.3 Å². The molecule has 0 spiro atoms. The van der Waals surface area contributed by atoms with Crippen LogP contribution in [0.25, 0.3) is 10.8 Å². The summed E-state index contributed by atoms with van der Waals surface area (Å²) in [5, 5.41) is 2.43. The second kappa shape index (κ2) is 7.09. The topological polar surface area (TPSA) is 15.6 Å². The molecule has 0 aliphatic carbocycles. The third kappa shape index (κ3) is 3.22. The highest BCUT2D eigenvalue weighted by Crippen LogP contribution is 2.44. The highest BCUT2D eigenvalue weighted by Gasteiger charge is 2.35. The molecule has 4 rings (SSSR count). The summed E-state index contributed by atoms with van der Waals surface area (Å²) in [6, 6.07) is 19.5. The molecule has 2 heteroatoms. The van der Waals surface area contributed by atoms with Crippen molar-refractivity contribution in [1.82, 2.24) is 0 Å². The first-order valence-electron chi connectivity index (χ1n) is 10.3. The Morgan fingerprint density at radius 1 is 1.11 bits per heavy atom. The molecule has 1 atom stereocenters. The number of hydrogen-bond donors (Lipinski definition) is 0. The molecule has 0 bridgehead atoms. The number of nitrogens with zero attached hydrogens (tertiary/aromatic N) is 2. The van der Waals surface area contributed by atoms with E-state index in [4.69, 9.17) is 4.99 Å². The lowest BCUT2D eigenvalue weighted by atomic mass is 9.79. The number of benzene rings is 3. The van der Waals surface area contributed by atoms with Gasteiger partial charge in [0.1, 0.15) is 0 Å². The van der Waals surface area contributed by atoms with Crippen molar-refractivity contribution in [2.24, 2.45) is 4.99 Å². The van der Waals surface area contributed by atoms with Crippen LogP contribution >= 0.6 is 0 Å². The molecule has 0 radical (unpaired) electrons. The van der Waals surface area contributed by atoms with E-state index in [2.05, 4.69) is 94.1 Å². The predicted octanol–water partition coefficient (Wildman–Crippen LogP) is 7.01. The lowest BCUT2D eigenvalue weighted by Gasteiger charge is -2.47. The van der Waals surface area contributed by atoms with Crippen molar-refractivity contribution in [3.8, 4) is 0 Å². The van der Waals surface area contributed by atoms with Crippen molar-refractivity contribution in [3.63, 3.8) is 0 Å². The fourth-order valence-electron chi connectivity index (χ4n) is 4.85. The van der Waals surface area contributed by atoms with Crippen LogP contribution in [-0.4, -0.2) is 18.3 Å². The van der Waals surface area contributed by atoms with Crippen molar-refractivity contribution < 1.29 is 0 Å². The monoisotopic (exact) mass is 370 g/mol. The average molecular weight is 371 g/mol. The summed E-state index contributed by atoms with van der Waals surface area (Å²) in [6.07, 6.45) is 3.22.